The molecule has 1 fully saturated rings. The van der Waals surface area contributed by atoms with Crippen LogP contribution in [0.5, 0.6) is 0 Å². The highest BCUT2D eigenvalue weighted by Crippen LogP contribution is 2.37. The first-order valence-electron chi connectivity index (χ1n) is 6.89. The molecule has 140 valence electrons. The summed E-state index contributed by atoms with van der Waals surface area (Å²) in [5, 5.41) is 69.6. The van der Waals surface area contributed by atoms with Crippen molar-refractivity contribution >= 4 is 28.9 Å². The fraction of sp³-hybridized carbons (Fsp3) is 0.462. The highest BCUT2D eigenvalue weighted by molar-refractivity contribution is 6.18. The van der Waals surface area contributed by atoms with E-state index in [0.717, 1.165) is 12.1 Å². The molecule has 8 N–H and O–H groups in total. The summed E-state index contributed by atoms with van der Waals surface area (Å²) in [5.41, 5.74) is 0.135. The van der Waals surface area contributed by atoms with E-state index >= 15 is 0 Å². The number of amides is 1. The third-order valence-corrected chi connectivity index (χ3v) is 3.72. The van der Waals surface area contributed by atoms with Crippen molar-refractivity contribution < 1.29 is 45.3 Å². The second kappa shape index (κ2) is 6.64. The lowest BCUT2D eigenvalue weighted by Gasteiger charge is -2.48. The molecule has 11 nitrogen and oxygen atoms in total. The molecule has 0 aromatic heterocycles. The molecule has 0 saturated carbocycles. The lowest BCUT2D eigenvalue weighted by atomic mass is 10.1. The Morgan fingerprint density at radius 1 is 1.12 bits per heavy atom. The van der Waals surface area contributed by atoms with E-state index in [2.05, 4.69) is 10.1 Å². The van der Waals surface area contributed by atoms with Crippen LogP contribution in [0.4, 0.5) is 11.4 Å². The summed E-state index contributed by atoms with van der Waals surface area (Å²) in [4.78, 5) is 11.9. The number of aliphatic hydroxyl groups excluding tert-OH is 1. The Hall–Kier alpha value is -1.54. The molecule has 1 aliphatic heterocycles. The number of aliphatic hydroxyl groups is 7. The van der Waals surface area contributed by atoms with E-state index in [1.165, 1.54) is 12.1 Å². The van der Waals surface area contributed by atoms with Gasteiger partial charge in [0.2, 0.25) is 0 Å². The van der Waals surface area contributed by atoms with Gasteiger partial charge in [-0.15, -0.1) is 11.6 Å². The third-order valence-electron chi connectivity index (χ3n) is 3.36. The Balaban J connectivity index is 2.30. The number of alkyl halides is 1. The van der Waals surface area contributed by atoms with Crippen LogP contribution in [0.25, 0.3) is 0 Å². The van der Waals surface area contributed by atoms with Crippen molar-refractivity contribution in [1.82, 2.24) is 0 Å². The lowest BCUT2D eigenvalue weighted by molar-refractivity contribution is -0.532. The lowest BCUT2D eigenvalue weighted by Crippen LogP contribution is -2.78. The number of nitrogens with zero attached hydrogens (tertiary/aromatic N) is 1. The molecule has 1 aliphatic rings. The predicted molar refractivity (Wildman–Crippen MR) is 81.7 cm³/mol. The Labute approximate surface area is 145 Å². The van der Waals surface area contributed by atoms with Crippen LogP contribution in [0.3, 0.4) is 0 Å². The molecule has 0 bridgehead atoms. The predicted octanol–water partition coefficient (Wildman–Crippen LogP) is -3.02. The number of benzene rings is 1. The Morgan fingerprint density at radius 2 is 1.68 bits per heavy atom. The van der Waals surface area contributed by atoms with Gasteiger partial charge in [-0.2, -0.15) is 0 Å². The van der Waals surface area contributed by atoms with Crippen LogP contribution < -0.4 is 10.2 Å². The van der Waals surface area contributed by atoms with Gasteiger partial charge in [0, 0.05) is 17.9 Å². The zero-order valence-corrected chi connectivity index (χ0v) is 13.3. The average molecular weight is 381 g/mol. The maximum absolute atomic E-state index is 12.0. The normalized spacial score (nSPS) is 22.6. The van der Waals surface area contributed by atoms with E-state index in [0.29, 0.717) is 5.69 Å². The van der Waals surface area contributed by atoms with Gasteiger partial charge in [0.1, 0.15) is 0 Å². The van der Waals surface area contributed by atoms with Crippen molar-refractivity contribution in [2.45, 2.75) is 24.0 Å². The monoisotopic (exact) mass is 380 g/mol. The molecular weight excluding hydrogens is 364 g/mol. The number of morpholine rings is 1. The van der Waals surface area contributed by atoms with Crippen molar-refractivity contribution in [1.29, 1.82) is 0 Å². The number of ether oxygens (including phenoxy) is 1. The Morgan fingerprint density at radius 3 is 2.20 bits per heavy atom. The summed E-state index contributed by atoms with van der Waals surface area (Å²) in [6.07, 6.45) is -0.807. The minimum Gasteiger partial charge on any atom is -0.390 e. The first-order valence-corrected chi connectivity index (χ1v) is 7.43. The number of rotatable bonds is 5. The van der Waals surface area contributed by atoms with Gasteiger partial charge in [-0.1, -0.05) is 0 Å². The summed E-state index contributed by atoms with van der Waals surface area (Å²) in [6, 6.07) is 4.99. The van der Waals surface area contributed by atoms with Crippen molar-refractivity contribution in [2.24, 2.45) is 0 Å². The van der Waals surface area contributed by atoms with Crippen LogP contribution in [0.2, 0.25) is 0 Å². The molecule has 0 spiro atoms. The maximum atomic E-state index is 12.0. The average Bonchev–Trinajstić information content (AvgIpc) is 2.51. The molecule has 25 heavy (non-hydrogen) atoms. The third kappa shape index (κ3) is 3.69. The molecule has 1 atom stereocenters. The van der Waals surface area contributed by atoms with Crippen LogP contribution in [0.1, 0.15) is 0 Å². The standard InChI is InChI=1S/C13H17ClN2O9/c14-5-9(17)6-15-7-1-3-8(4-2-7)16-10(18)11(19,20)25-13(23,24)12(16,21)22/h1-4,9,15,17,19-24H,5-6H2. The van der Waals surface area contributed by atoms with Gasteiger partial charge in [-0.25, -0.2) is 4.90 Å². The highest BCUT2D eigenvalue weighted by atomic mass is 35.5. The summed E-state index contributed by atoms with van der Waals surface area (Å²) in [5.74, 6) is -13.1. The minimum atomic E-state index is -3.90. The van der Waals surface area contributed by atoms with Gasteiger partial charge in [0.05, 0.1) is 12.0 Å². The second-order valence-electron chi connectivity index (χ2n) is 5.33. The summed E-state index contributed by atoms with van der Waals surface area (Å²) < 4.78 is 3.82. The molecule has 1 amide bonds. The van der Waals surface area contributed by atoms with E-state index in [1.54, 1.807) is 0 Å². The largest absolute Gasteiger partial charge is 0.390 e. The summed E-state index contributed by atoms with van der Waals surface area (Å²) >= 11 is 5.45. The molecule has 1 unspecified atom stereocenters. The summed E-state index contributed by atoms with van der Waals surface area (Å²) in [6.45, 7) is 0.121. The van der Waals surface area contributed by atoms with E-state index in [1.807, 2.05) is 0 Å². The van der Waals surface area contributed by atoms with E-state index in [9.17, 15) is 40.5 Å². The summed E-state index contributed by atoms with van der Waals surface area (Å²) in [7, 11) is 0. The van der Waals surface area contributed by atoms with Gasteiger partial charge in [0.25, 0.3) is 0 Å². The van der Waals surface area contributed by atoms with Gasteiger partial charge >= 0.3 is 23.8 Å². The Kier molecular flexibility index (Phi) is 5.26. The van der Waals surface area contributed by atoms with Crippen molar-refractivity contribution in [2.75, 3.05) is 22.6 Å². The number of carbonyl (C=O) groups excluding carboxylic acids is 1. The zero-order valence-electron chi connectivity index (χ0n) is 12.6. The molecular formula is C13H17ClN2O9. The molecule has 12 heteroatoms. The fourth-order valence-electron chi connectivity index (χ4n) is 2.06. The smallest absolute Gasteiger partial charge is 0.367 e. The first kappa shape index (κ1) is 19.8. The number of anilines is 2. The zero-order chi connectivity index (χ0) is 19.0. The molecule has 0 aliphatic carbocycles. The fourth-order valence-corrected chi connectivity index (χ4v) is 2.17. The van der Waals surface area contributed by atoms with Crippen LogP contribution >= 0.6 is 11.6 Å². The van der Waals surface area contributed by atoms with Gasteiger partial charge in [-0.05, 0) is 24.3 Å². The van der Waals surface area contributed by atoms with Crippen LogP contribution in [0, 0.1) is 0 Å². The van der Waals surface area contributed by atoms with Crippen molar-refractivity contribution in [3.05, 3.63) is 24.3 Å². The van der Waals surface area contributed by atoms with Crippen LogP contribution in [0.15, 0.2) is 24.3 Å². The van der Waals surface area contributed by atoms with Gasteiger partial charge < -0.3 is 41.1 Å². The number of hydrogen-bond donors (Lipinski definition) is 8. The molecule has 1 aromatic carbocycles. The van der Waals surface area contributed by atoms with Crippen molar-refractivity contribution in [3.8, 4) is 0 Å². The number of halogens is 1. The molecule has 1 heterocycles. The maximum Gasteiger partial charge on any atom is 0.367 e. The van der Waals surface area contributed by atoms with E-state index in [4.69, 9.17) is 11.6 Å². The number of hydrogen-bond acceptors (Lipinski definition) is 10. The van der Waals surface area contributed by atoms with E-state index < -0.39 is 29.9 Å². The van der Waals surface area contributed by atoms with Crippen LogP contribution in [-0.2, 0) is 9.53 Å². The molecule has 0 radical (unpaired) electrons. The second-order valence-corrected chi connectivity index (χ2v) is 5.64. The molecule has 2 rings (SSSR count). The topological polar surface area (TPSA) is 183 Å². The SMILES string of the molecule is O=C1N(c2ccc(NCC(O)CCl)cc2)C(O)(O)C(O)(O)OC1(O)O. The molecule has 1 saturated heterocycles. The number of nitrogens with one attached hydrogen (secondary N) is 1. The minimum absolute atomic E-state index is 0.00900. The number of carbonyl (C=O) groups is 1. The van der Waals surface area contributed by atoms with Gasteiger partial charge in [0.15, 0.2) is 0 Å². The first-order chi connectivity index (χ1) is 11.4. The van der Waals surface area contributed by atoms with Gasteiger partial charge in [-0.3, -0.25) is 9.53 Å². The Bertz CT molecular complexity index is 635. The van der Waals surface area contributed by atoms with Crippen molar-refractivity contribution in [3.63, 3.8) is 0 Å². The van der Waals surface area contributed by atoms with Crippen LogP contribution in [-0.4, -0.2) is 78.0 Å². The quantitative estimate of drug-likeness (QED) is 0.193. The highest BCUT2D eigenvalue weighted by Gasteiger charge is 2.68. The molecule has 1 aromatic rings. The van der Waals surface area contributed by atoms with E-state index in [-0.39, 0.29) is 23.0 Å².